The van der Waals surface area contributed by atoms with Crippen LogP contribution in [0.2, 0.25) is 0 Å². The van der Waals surface area contributed by atoms with Crippen molar-refractivity contribution in [3.05, 3.63) is 22.9 Å². The summed E-state index contributed by atoms with van der Waals surface area (Å²) in [5.74, 6) is -0.835. The second-order valence-electron chi connectivity index (χ2n) is 4.85. The van der Waals surface area contributed by atoms with E-state index in [2.05, 4.69) is 4.98 Å². The van der Waals surface area contributed by atoms with Crippen molar-refractivity contribution in [2.45, 2.75) is 18.9 Å². The number of aryl methyl sites for hydroxylation is 2. The second kappa shape index (κ2) is 6.91. The monoisotopic (exact) mass is 310 g/mol. The molecule has 0 aliphatic carbocycles. The number of ether oxygens (including phenoxy) is 1. The Morgan fingerprint density at radius 1 is 1.38 bits per heavy atom. The molecule has 1 aromatic rings. The van der Waals surface area contributed by atoms with Crippen molar-refractivity contribution in [1.82, 2.24) is 9.88 Å². The summed E-state index contributed by atoms with van der Waals surface area (Å²) < 4.78 is 5.20. The molecule has 1 N–H and O–H groups in total. The summed E-state index contributed by atoms with van der Waals surface area (Å²) >= 11 is 1.18. The molecule has 1 aliphatic rings. The summed E-state index contributed by atoms with van der Waals surface area (Å²) in [6.45, 7) is 5.84. The van der Waals surface area contributed by atoms with Gasteiger partial charge in [0, 0.05) is 18.8 Å². The van der Waals surface area contributed by atoms with E-state index in [-0.39, 0.29) is 17.2 Å². The fourth-order valence-electron chi connectivity index (χ4n) is 2.20. The third-order valence-electron chi connectivity index (χ3n) is 3.22. The molecule has 114 valence electrons. The maximum absolute atomic E-state index is 12.1. The van der Waals surface area contributed by atoms with E-state index >= 15 is 0 Å². The van der Waals surface area contributed by atoms with E-state index in [9.17, 15) is 14.7 Å². The molecule has 1 aliphatic heterocycles. The summed E-state index contributed by atoms with van der Waals surface area (Å²) in [6.07, 6.45) is 0. The van der Waals surface area contributed by atoms with Crippen LogP contribution in [-0.4, -0.2) is 58.9 Å². The fourth-order valence-corrected chi connectivity index (χ4v) is 3.25. The van der Waals surface area contributed by atoms with Gasteiger partial charge in [0.05, 0.1) is 24.5 Å². The van der Waals surface area contributed by atoms with Gasteiger partial charge in [0.25, 0.3) is 0 Å². The first-order valence-electron chi connectivity index (χ1n) is 6.69. The minimum atomic E-state index is -1.01. The lowest BCUT2D eigenvalue weighted by Gasteiger charge is -2.26. The maximum Gasteiger partial charge on any atom is 0.338 e. The molecule has 1 saturated heterocycles. The molecule has 0 atom stereocenters. The first-order valence-corrected chi connectivity index (χ1v) is 7.67. The van der Waals surface area contributed by atoms with Crippen LogP contribution >= 0.6 is 11.8 Å². The van der Waals surface area contributed by atoms with Gasteiger partial charge in [-0.1, -0.05) is 11.8 Å². The molecule has 1 fully saturated rings. The quantitative estimate of drug-likeness (QED) is 0.846. The van der Waals surface area contributed by atoms with Crippen LogP contribution < -0.4 is 0 Å². The molecule has 0 aromatic carbocycles. The number of carbonyl (C=O) groups excluding carboxylic acids is 1. The van der Waals surface area contributed by atoms with Gasteiger partial charge in [-0.3, -0.25) is 4.79 Å². The first kappa shape index (κ1) is 15.8. The van der Waals surface area contributed by atoms with Gasteiger partial charge in [0.2, 0.25) is 5.91 Å². The van der Waals surface area contributed by atoms with E-state index in [1.165, 1.54) is 11.8 Å². The molecule has 1 aromatic heterocycles. The SMILES string of the molecule is Cc1cc(C)c(C(=O)O)c(SCC(=O)N2CCOCC2)n1. The number of morpholine rings is 1. The van der Waals surface area contributed by atoms with E-state index in [1.54, 1.807) is 17.9 Å². The summed E-state index contributed by atoms with van der Waals surface area (Å²) in [7, 11) is 0. The molecule has 1 amide bonds. The van der Waals surface area contributed by atoms with Gasteiger partial charge in [-0.15, -0.1) is 0 Å². The van der Waals surface area contributed by atoms with Crippen molar-refractivity contribution in [3.8, 4) is 0 Å². The van der Waals surface area contributed by atoms with Crippen molar-refractivity contribution in [2.24, 2.45) is 0 Å². The standard InChI is InChI=1S/C14H18N2O4S/c1-9-7-10(2)15-13(12(9)14(18)19)21-8-11(17)16-3-5-20-6-4-16/h7H,3-6,8H2,1-2H3,(H,18,19). The van der Waals surface area contributed by atoms with E-state index in [1.807, 2.05) is 6.92 Å². The van der Waals surface area contributed by atoms with Crippen LogP contribution in [0.1, 0.15) is 21.6 Å². The zero-order valence-corrected chi connectivity index (χ0v) is 12.9. The van der Waals surface area contributed by atoms with Gasteiger partial charge >= 0.3 is 5.97 Å². The highest BCUT2D eigenvalue weighted by Gasteiger charge is 2.20. The van der Waals surface area contributed by atoms with E-state index in [4.69, 9.17) is 4.74 Å². The number of carboxylic acids is 1. The normalized spacial score (nSPS) is 15.0. The minimum Gasteiger partial charge on any atom is -0.478 e. The number of carbonyl (C=O) groups is 2. The number of hydrogen-bond acceptors (Lipinski definition) is 5. The largest absolute Gasteiger partial charge is 0.478 e. The number of nitrogens with zero attached hydrogens (tertiary/aromatic N) is 2. The Bertz CT molecular complexity index is 556. The molecule has 21 heavy (non-hydrogen) atoms. The molecule has 0 spiro atoms. The zero-order valence-electron chi connectivity index (χ0n) is 12.1. The first-order chi connectivity index (χ1) is 9.99. The average molecular weight is 310 g/mol. The topological polar surface area (TPSA) is 79.7 Å². The zero-order chi connectivity index (χ0) is 15.4. The van der Waals surface area contributed by atoms with Crippen LogP contribution in [0.25, 0.3) is 0 Å². The van der Waals surface area contributed by atoms with Gasteiger partial charge in [0.15, 0.2) is 0 Å². The highest BCUT2D eigenvalue weighted by atomic mass is 32.2. The molecular formula is C14H18N2O4S. The van der Waals surface area contributed by atoms with Crippen LogP contribution in [0.3, 0.4) is 0 Å². The summed E-state index contributed by atoms with van der Waals surface area (Å²) in [6, 6.07) is 1.73. The van der Waals surface area contributed by atoms with Crippen molar-refractivity contribution in [3.63, 3.8) is 0 Å². The Morgan fingerprint density at radius 3 is 2.67 bits per heavy atom. The smallest absolute Gasteiger partial charge is 0.338 e. The Morgan fingerprint density at radius 2 is 2.05 bits per heavy atom. The number of amides is 1. The molecule has 2 heterocycles. The number of thioether (sulfide) groups is 1. The molecule has 0 bridgehead atoms. The highest BCUT2D eigenvalue weighted by Crippen LogP contribution is 2.24. The fraction of sp³-hybridized carbons (Fsp3) is 0.500. The summed E-state index contributed by atoms with van der Waals surface area (Å²) in [4.78, 5) is 29.4. The third-order valence-corrected chi connectivity index (χ3v) is 4.18. The Labute approximate surface area is 127 Å². The van der Waals surface area contributed by atoms with Crippen molar-refractivity contribution < 1.29 is 19.4 Å². The molecule has 7 heteroatoms. The molecular weight excluding hydrogens is 292 g/mol. The predicted octanol–water partition coefficient (Wildman–Crippen LogP) is 1.35. The highest BCUT2D eigenvalue weighted by molar-refractivity contribution is 8.00. The van der Waals surface area contributed by atoms with Gasteiger partial charge < -0.3 is 14.7 Å². The average Bonchev–Trinajstić information content (AvgIpc) is 2.44. The minimum absolute atomic E-state index is 0.0133. The van der Waals surface area contributed by atoms with Gasteiger partial charge in [-0.2, -0.15) is 0 Å². The van der Waals surface area contributed by atoms with E-state index < -0.39 is 5.97 Å². The van der Waals surface area contributed by atoms with Crippen molar-refractivity contribution in [2.75, 3.05) is 32.1 Å². The van der Waals surface area contributed by atoms with Crippen molar-refractivity contribution >= 4 is 23.6 Å². The number of aromatic carboxylic acids is 1. The number of rotatable bonds is 4. The predicted molar refractivity (Wildman–Crippen MR) is 78.8 cm³/mol. The van der Waals surface area contributed by atoms with Gasteiger partial charge in [0.1, 0.15) is 5.03 Å². The summed E-state index contributed by atoms with van der Waals surface area (Å²) in [5, 5.41) is 9.69. The molecule has 0 saturated carbocycles. The van der Waals surface area contributed by atoms with Gasteiger partial charge in [-0.25, -0.2) is 9.78 Å². The molecule has 6 nitrogen and oxygen atoms in total. The lowest BCUT2D eigenvalue weighted by atomic mass is 10.1. The Kier molecular flexibility index (Phi) is 5.19. The van der Waals surface area contributed by atoms with Crippen LogP contribution in [0, 0.1) is 13.8 Å². The van der Waals surface area contributed by atoms with Crippen molar-refractivity contribution in [1.29, 1.82) is 0 Å². The third kappa shape index (κ3) is 3.95. The van der Waals surface area contributed by atoms with Crippen LogP contribution in [0.4, 0.5) is 0 Å². The van der Waals surface area contributed by atoms with Crippen LogP contribution in [0.5, 0.6) is 0 Å². The lowest BCUT2D eigenvalue weighted by Crippen LogP contribution is -2.41. The number of aromatic nitrogens is 1. The van der Waals surface area contributed by atoms with Gasteiger partial charge in [-0.05, 0) is 25.5 Å². The Hall–Kier alpha value is -1.60. The number of carboxylic acid groups (broad SMARTS) is 1. The second-order valence-corrected chi connectivity index (χ2v) is 5.81. The number of hydrogen-bond donors (Lipinski definition) is 1. The maximum atomic E-state index is 12.1. The molecule has 0 unspecified atom stereocenters. The van der Waals surface area contributed by atoms with Crippen LogP contribution in [-0.2, 0) is 9.53 Å². The Balaban J connectivity index is 2.08. The van der Waals surface area contributed by atoms with E-state index in [0.717, 1.165) is 5.69 Å². The summed E-state index contributed by atoms with van der Waals surface area (Å²) in [5.41, 5.74) is 1.59. The lowest BCUT2D eigenvalue weighted by molar-refractivity contribution is -0.132. The van der Waals surface area contributed by atoms with Crippen LogP contribution in [0.15, 0.2) is 11.1 Å². The molecule has 0 radical (unpaired) electrons. The molecule has 2 rings (SSSR count). The van der Waals surface area contributed by atoms with E-state index in [0.29, 0.717) is 36.9 Å². The number of pyridine rings is 1.